The van der Waals surface area contributed by atoms with Crippen LogP contribution >= 0.6 is 0 Å². The van der Waals surface area contributed by atoms with Gasteiger partial charge in [-0.2, -0.15) is 0 Å². The van der Waals surface area contributed by atoms with Crippen molar-refractivity contribution >= 4 is 23.0 Å². The van der Waals surface area contributed by atoms with Gasteiger partial charge in [0.15, 0.2) is 0 Å². The van der Waals surface area contributed by atoms with E-state index < -0.39 is 5.97 Å². The maximum Gasteiger partial charge on any atom is 0.335 e. The molecule has 3 heteroatoms. The van der Waals surface area contributed by atoms with Gasteiger partial charge in [0, 0.05) is 23.0 Å². The van der Waals surface area contributed by atoms with Crippen molar-refractivity contribution < 1.29 is 9.53 Å². The summed E-state index contributed by atoms with van der Waals surface area (Å²) in [6.45, 7) is 7.67. The number of hydrogen-bond acceptors (Lipinski definition) is 3. The van der Waals surface area contributed by atoms with Crippen LogP contribution in [0.3, 0.4) is 0 Å². The van der Waals surface area contributed by atoms with Crippen molar-refractivity contribution in [3.8, 4) is 28.0 Å². The van der Waals surface area contributed by atoms with Crippen molar-refractivity contribution in [1.29, 1.82) is 0 Å². The summed E-state index contributed by atoms with van der Waals surface area (Å²) in [4.78, 5) is 13.9. The molecule has 0 radical (unpaired) electrons. The fourth-order valence-corrected chi connectivity index (χ4v) is 4.45. The Morgan fingerprint density at radius 3 is 1.76 bits per heavy atom. The van der Waals surface area contributed by atoms with Gasteiger partial charge in [-0.25, -0.2) is 4.79 Å². The van der Waals surface area contributed by atoms with Crippen molar-refractivity contribution in [2.75, 3.05) is 4.90 Å². The standard InChI is InChI=1S/C35H29NO2/c1-4-35(37)38-32-21-14-27(15-22-32)29-16-23-34(33(24-29)28-8-6-5-7-9-28)36(30-17-10-25(2)11-18-30)31-19-12-26(3)13-20-31/h4-24H,1H2,2-3H3. The quantitative estimate of drug-likeness (QED) is 0.128. The molecule has 0 spiro atoms. The zero-order valence-electron chi connectivity index (χ0n) is 21.6. The molecule has 0 saturated carbocycles. The lowest BCUT2D eigenvalue weighted by atomic mass is 9.96. The molecule has 3 nitrogen and oxygen atoms in total. The van der Waals surface area contributed by atoms with Crippen LogP contribution in [0.1, 0.15) is 11.1 Å². The summed E-state index contributed by atoms with van der Waals surface area (Å²) < 4.78 is 5.25. The van der Waals surface area contributed by atoms with Gasteiger partial charge in [-0.3, -0.25) is 0 Å². The minimum Gasteiger partial charge on any atom is -0.423 e. The highest BCUT2D eigenvalue weighted by Crippen LogP contribution is 2.42. The molecule has 0 unspecified atom stereocenters. The molecular weight excluding hydrogens is 466 g/mol. The fraction of sp³-hybridized carbons (Fsp3) is 0.0571. The second-order valence-corrected chi connectivity index (χ2v) is 9.25. The average molecular weight is 496 g/mol. The molecule has 0 aliphatic heterocycles. The van der Waals surface area contributed by atoms with Gasteiger partial charge in [-0.1, -0.05) is 90.5 Å². The van der Waals surface area contributed by atoms with E-state index in [-0.39, 0.29) is 0 Å². The van der Waals surface area contributed by atoms with Crippen LogP contribution < -0.4 is 9.64 Å². The summed E-state index contributed by atoms with van der Waals surface area (Å²) >= 11 is 0. The number of ether oxygens (including phenoxy) is 1. The average Bonchev–Trinajstić information content (AvgIpc) is 2.96. The van der Waals surface area contributed by atoms with E-state index in [9.17, 15) is 4.79 Å². The van der Waals surface area contributed by atoms with Crippen LogP contribution in [-0.4, -0.2) is 5.97 Å². The van der Waals surface area contributed by atoms with Gasteiger partial charge >= 0.3 is 5.97 Å². The van der Waals surface area contributed by atoms with Gasteiger partial charge in [-0.15, -0.1) is 0 Å². The molecule has 0 aliphatic carbocycles. The van der Waals surface area contributed by atoms with Gasteiger partial charge in [0.2, 0.25) is 0 Å². The molecule has 0 fully saturated rings. The highest BCUT2D eigenvalue weighted by Gasteiger charge is 2.18. The number of rotatable bonds is 7. The first-order valence-corrected chi connectivity index (χ1v) is 12.6. The van der Waals surface area contributed by atoms with Crippen LogP contribution in [0.25, 0.3) is 22.3 Å². The maximum atomic E-state index is 11.6. The predicted molar refractivity (Wildman–Crippen MR) is 157 cm³/mol. The van der Waals surface area contributed by atoms with Crippen LogP contribution in [0.15, 0.2) is 134 Å². The van der Waals surface area contributed by atoms with Crippen LogP contribution in [0.4, 0.5) is 17.1 Å². The Hall–Kier alpha value is -4.89. The summed E-state index contributed by atoms with van der Waals surface area (Å²) in [6.07, 6.45) is 1.16. The number of carbonyl (C=O) groups is 1. The number of aryl methyl sites for hydroxylation is 2. The Morgan fingerprint density at radius 2 is 1.21 bits per heavy atom. The zero-order chi connectivity index (χ0) is 26.5. The van der Waals surface area contributed by atoms with E-state index in [0.29, 0.717) is 5.75 Å². The molecule has 0 atom stereocenters. The third-order valence-electron chi connectivity index (χ3n) is 6.48. The lowest BCUT2D eigenvalue weighted by Gasteiger charge is -2.28. The molecule has 0 aromatic heterocycles. The first-order valence-electron chi connectivity index (χ1n) is 12.6. The monoisotopic (exact) mass is 495 g/mol. The van der Waals surface area contributed by atoms with Crippen LogP contribution in [0, 0.1) is 13.8 Å². The molecule has 0 N–H and O–H groups in total. The van der Waals surface area contributed by atoms with E-state index >= 15 is 0 Å². The SMILES string of the molecule is C=CC(=O)Oc1ccc(-c2ccc(N(c3ccc(C)cc3)c3ccc(C)cc3)c(-c3ccccc3)c2)cc1. The van der Waals surface area contributed by atoms with E-state index in [1.54, 1.807) is 12.1 Å². The van der Waals surface area contributed by atoms with Crippen molar-refractivity contribution in [3.63, 3.8) is 0 Å². The fourth-order valence-electron chi connectivity index (χ4n) is 4.45. The van der Waals surface area contributed by atoms with Crippen LogP contribution in [-0.2, 0) is 4.79 Å². The van der Waals surface area contributed by atoms with Gasteiger partial charge in [0.1, 0.15) is 5.75 Å². The number of hydrogen-bond donors (Lipinski definition) is 0. The lowest BCUT2D eigenvalue weighted by molar-refractivity contribution is -0.128. The van der Waals surface area contributed by atoms with E-state index in [1.807, 2.05) is 18.2 Å². The van der Waals surface area contributed by atoms with Gasteiger partial charge in [-0.05, 0) is 79.1 Å². The highest BCUT2D eigenvalue weighted by molar-refractivity contribution is 5.90. The highest BCUT2D eigenvalue weighted by atomic mass is 16.5. The van der Waals surface area contributed by atoms with Gasteiger partial charge < -0.3 is 9.64 Å². The summed E-state index contributed by atoms with van der Waals surface area (Å²) in [6, 6.07) is 41.8. The Labute approximate surface area is 224 Å². The lowest BCUT2D eigenvalue weighted by Crippen LogP contribution is -2.11. The van der Waals surface area contributed by atoms with Crippen LogP contribution in [0.5, 0.6) is 5.75 Å². The smallest absolute Gasteiger partial charge is 0.335 e. The number of anilines is 3. The minimum atomic E-state index is -0.472. The first-order chi connectivity index (χ1) is 18.5. The Kier molecular flexibility index (Phi) is 7.19. The Bertz CT molecular complexity index is 1510. The molecule has 0 amide bonds. The summed E-state index contributed by atoms with van der Waals surface area (Å²) in [5.41, 5.74) is 10.1. The number of carbonyl (C=O) groups excluding carboxylic acids is 1. The first kappa shape index (κ1) is 24.8. The largest absolute Gasteiger partial charge is 0.423 e. The predicted octanol–water partition coefficient (Wildman–Crippen LogP) is 9.20. The van der Waals surface area contributed by atoms with E-state index in [0.717, 1.165) is 45.4 Å². The van der Waals surface area contributed by atoms with Crippen LogP contribution in [0.2, 0.25) is 0 Å². The van der Waals surface area contributed by atoms with Crippen molar-refractivity contribution in [1.82, 2.24) is 0 Å². The van der Waals surface area contributed by atoms with Gasteiger partial charge in [0.05, 0.1) is 5.69 Å². The second kappa shape index (κ2) is 11.0. The zero-order valence-corrected chi connectivity index (χ0v) is 21.6. The van der Waals surface area contributed by atoms with E-state index in [2.05, 4.69) is 116 Å². The van der Waals surface area contributed by atoms with Crippen molar-refractivity contribution in [2.45, 2.75) is 13.8 Å². The van der Waals surface area contributed by atoms with E-state index in [4.69, 9.17) is 4.74 Å². The molecule has 38 heavy (non-hydrogen) atoms. The topological polar surface area (TPSA) is 29.5 Å². The molecule has 5 aromatic rings. The van der Waals surface area contributed by atoms with E-state index in [1.165, 1.54) is 11.1 Å². The molecule has 5 aromatic carbocycles. The van der Waals surface area contributed by atoms with Gasteiger partial charge in [0.25, 0.3) is 0 Å². The van der Waals surface area contributed by atoms with Crippen molar-refractivity contribution in [3.05, 3.63) is 145 Å². The maximum absolute atomic E-state index is 11.6. The molecule has 0 bridgehead atoms. The molecular formula is C35H29NO2. The summed E-state index contributed by atoms with van der Waals surface area (Å²) in [5.74, 6) is 0.0178. The molecule has 0 heterocycles. The Morgan fingerprint density at radius 1 is 0.658 bits per heavy atom. The normalized spacial score (nSPS) is 10.6. The third-order valence-corrected chi connectivity index (χ3v) is 6.48. The molecule has 0 saturated heterocycles. The third kappa shape index (κ3) is 5.42. The number of nitrogens with zero attached hydrogens (tertiary/aromatic N) is 1. The molecule has 186 valence electrons. The molecule has 0 aliphatic rings. The summed E-state index contributed by atoms with van der Waals surface area (Å²) in [5, 5.41) is 0. The second-order valence-electron chi connectivity index (χ2n) is 9.25. The minimum absolute atomic E-state index is 0.472. The number of esters is 1. The summed E-state index contributed by atoms with van der Waals surface area (Å²) in [7, 11) is 0. The number of benzene rings is 5. The molecule has 5 rings (SSSR count). The Balaban J connectivity index is 1.65. The van der Waals surface area contributed by atoms with Crippen molar-refractivity contribution in [2.24, 2.45) is 0 Å².